The summed E-state index contributed by atoms with van der Waals surface area (Å²) in [7, 11) is 0. The first-order valence-electron chi connectivity index (χ1n) is 11.4. The van der Waals surface area contributed by atoms with Crippen molar-refractivity contribution in [1.82, 2.24) is 4.90 Å². The number of rotatable bonds is 7. The molecule has 4 rings (SSSR count). The molecule has 1 atom stereocenters. The van der Waals surface area contributed by atoms with Gasteiger partial charge < -0.3 is 10.1 Å². The molecular formula is C27H24FN3O4S. The Bertz CT molecular complexity index is 1260. The standard InChI is InChI=1S/C27H24FN3O4S/c1-2-35-26(34)19-10-14-22(15-11-19)30-27-31(17-18-8-12-20(28)13-9-18)24(32)16-23(36-27)25(33)29-21-6-4-3-5-7-21/h3-15,23H,2,16-17H2,1H3,(H,29,33). The van der Waals surface area contributed by atoms with Gasteiger partial charge in [-0.25, -0.2) is 14.2 Å². The molecule has 184 valence electrons. The molecule has 1 unspecified atom stereocenters. The topological polar surface area (TPSA) is 88.1 Å². The minimum Gasteiger partial charge on any atom is -0.462 e. The second-order valence-electron chi connectivity index (χ2n) is 7.93. The Hall–Kier alpha value is -3.98. The van der Waals surface area contributed by atoms with Gasteiger partial charge in [0.15, 0.2) is 5.17 Å². The molecule has 0 radical (unpaired) electrons. The normalized spacial score (nSPS) is 16.6. The fourth-order valence-corrected chi connectivity index (χ4v) is 4.61. The van der Waals surface area contributed by atoms with Crippen LogP contribution in [0.2, 0.25) is 0 Å². The van der Waals surface area contributed by atoms with Crippen molar-refractivity contribution in [3.8, 4) is 0 Å². The molecule has 1 saturated heterocycles. The Kier molecular flexibility index (Phi) is 8.12. The maximum absolute atomic E-state index is 13.4. The van der Waals surface area contributed by atoms with E-state index < -0.39 is 11.2 Å². The first kappa shape index (κ1) is 25.1. The first-order valence-corrected chi connectivity index (χ1v) is 12.2. The summed E-state index contributed by atoms with van der Waals surface area (Å²) >= 11 is 1.18. The van der Waals surface area contributed by atoms with E-state index in [-0.39, 0.29) is 37.2 Å². The summed E-state index contributed by atoms with van der Waals surface area (Å²) < 4.78 is 18.4. The maximum atomic E-state index is 13.4. The van der Waals surface area contributed by atoms with Gasteiger partial charge in [-0.3, -0.25) is 14.5 Å². The molecule has 2 amide bonds. The highest BCUT2D eigenvalue weighted by Crippen LogP contribution is 2.31. The van der Waals surface area contributed by atoms with Crippen molar-refractivity contribution in [2.45, 2.75) is 25.1 Å². The number of halogens is 1. The van der Waals surface area contributed by atoms with Crippen molar-refractivity contribution < 1.29 is 23.5 Å². The molecule has 1 N–H and O–H groups in total. The van der Waals surface area contributed by atoms with Crippen LogP contribution in [0, 0.1) is 5.82 Å². The zero-order chi connectivity index (χ0) is 25.5. The Morgan fingerprint density at radius 1 is 1.06 bits per heavy atom. The summed E-state index contributed by atoms with van der Waals surface area (Å²) in [6.45, 7) is 2.18. The predicted octanol–water partition coefficient (Wildman–Crippen LogP) is 5.16. The van der Waals surface area contributed by atoms with E-state index in [4.69, 9.17) is 4.74 Å². The number of thioether (sulfide) groups is 1. The van der Waals surface area contributed by atoms with Gasteiger partial charge in [0, 0.05) is 12.1 Å². The zero-order valence-electron chi connectivity index (χ0n) is 19.5. The molecule has 7 nitrogen and oxygen atoms in total. The van der Waals surface area contributed by atoms with Gasteiger partial charge in [0.1, 0.15) is 11.1 Å². The van der Waals surface area contributed by atoms with Crippen molar-refractivity contribution in [2.75, 3.05) is 11.9 Å². The number of hydrogen-bond donors (Lipinski definition) is 1. The molecular weight excluding hydrogens is 481 g/mol. The third kappa shape index (κ3) is 6.37. The van der Waals surface area contributed by atoms with Crippen LogP contribution in [0.25, 0.3) is 0 Å². The van der Waals surface area contributed by atoms with E-state index in [2.05, 4.69) is 10.3 Å². The van der Waals surface area contributed by atoms with Crippen LogP contribution in [0.1, 0.15) is 29.3 Å². The highest BCUT2D eigenvalue weighted by Gasteiger charge is 2.36. The molecule has 1 heterocycles. The highest BCUT2D eigenvalue weighted by molar-refractivity contribution is 8.15. The zero-order valence-corrected chi connectivity index (χ0v) is 20.3. The number of hydrogen-bond acceptors (Lipinski definition) is 6. The number of ether oxygens (including phenoxy) is 1. The smallest absolute Gasteiger partial charge is 0.338 e. The number of esters is 1. The maximum Gasteiger partial charge on any atom is 0.338 e. The Morgan fingerprint density at radius 2 is 1.75 bits per heavy atom. The second-order valence-corrected chi connectivity index (χ2v) is 9.10. The molecule has 9 heteroatoms. The predicted molar refractivity (Wildman–Crippen MR) is 138 cm³/mol. The number of amides is 2. The largest absolute Gasteiger partial charge is 0.462 e. The Balaban J connectivity index is 1.60. The molecule has 3 aromatic carbocycles. The summed E-state index contributed by atoms with van der Waals surface area (Å²) in [5.74, 6) is -1.37. The third-order valence-corrected chi connectivity index (χ3v) is 6.52. The number of carbonyl (C=O) groups is 3. The first-order chi connectivity index (χ1) is 17.4. The van der Waals surface area contributed by atoms with Crippen molar-refractivity contribution in [3.05, 3.63) is 95.8 Å². The molecule has 0 aliphatic carbocycles. The molecule has 0 aromatic heterocycles. The lowest BCUT2D eigenvalue weighted by Gasteiger charge is -2.32. The fourth-order valence-electron chi connectivity index (χ4n) is 3.51. The van der Waals surface area contributed by atoms with Crippen LogP contribution in [-0.2, 0) is 20.9 Å². The van der Waals surface area contributed by atoms with E-state index >= 15 is 0 Å². The third-order valence-electron chi connectivity index (χ3n) is 5.33. The van der Waals surface area contributed by atoms with Crippen molar-refractivity contribution in [1.29, 1.82) is 0 Å². The Morgan fingerprint density at radius 3 is 2.42 bits per heavy atom. The molecule has 1 aliphatic heterocycles. The van der Waals surface area contributed by atoms with Crippen LogP contribution >= 0.6 is 11.8 Å². The lowest BCUT2D eigenvalue weighted by molar-refractivity contribution is -0.129. The monoisotopic (exact) mass is 505 g/mol. The van der Waals surface area contributed by atoms with Crippen LogP contribution in [0.3, 0.4) is 0 Å². The second kappa shape index (κ2) is 11.6. The summed E-state index contributed by atoms with van der Waals surface area (Å²) in [5, 5.41) is 2.50. The van der Waals surface area contributed by atoms with E-state index in [0.29, 0.717) is 22.1 Å². The molecule has 1 aliphatic rings. The molecule has 3 aromatic rings. The van der Waals surface area contributed by atoms with Crippen molar-refractivity contribution in [2.24, 2.45) is 4.99 Å². The van der Waals surface area contributed by atoms with Gasteiger partial charge in [0.25, 0.3) is 0 Å². The lowest BCUT2D eigenvalue weighted by atomic mass is 10.2. The average Bonchev–Trinajstić information content (AvgIpc) is 2.88. The summed E-state index contributed by atoms with van der Waals surface area (Å²) in [4.78, 5) is 44.2. The molecule has 0 saturated carbocycles. The quantitative estimate of drug-likeness (QED) is 0.448. The molecule has 36 heavy (non-hydrogen) atoms. The minimum absolute atomic E-state index is 0.00859. The summed E-state index contributed by atoms with van der Waals surface area (Å²) in [6.07, 6.45) is -0.00859. The van der Waals surface area contributed by atoms with Gasteiger partial charge >= 0.3 is 5.97 Å². The Labute approximate surface area is 212 Å². The minimum atomic E-state index is -0.681. The van der Waals surface area contributed by atoms with Gasteiger partial charge in [-0.2, -0.15) is 0 Å². The van der Waals surface area contributed by atoms with Gasteiger partial charge in [-0.05, 0) is 61.0 Å². The summed E-state index contributed by atoms with van der Waals surface area (Å²) in [5.41, 5.74) is 2.25. The van der Waals surface area contributed by atoms with Crippen LogP contribution in [0.15, 0.2) is 83.9 Å². The van der Waals surface area contributed by atoms with Crippen LogP contribution in [0.5, 0.6) is 0 Å². The van der Waals surface area contributed by atoms with E-state index in [9.17, 15) is 18.8 Å². The summed E-state index contributed by atoms with van der Waals surface area (Å²) in [6, 6.07) is 21.4. The van der Waals surface area contributed by atoms with Crippen LogP contribution < -0.4 is 5.32 Å². The van der Waals surface area contributed by atoms with Gasteiger partial charge in [-0.15, -0.1) is 0 Å². The van der Waals surface area contributed by atoms with Gasteiger partial charge in [0.2, 0.25) is 11.8 Å². The van der Waals surface area contributed by atoms with Crippen molar-refractivity contribution in [3.63, 3.8) is 0 Å². The number of nitrogens with zero attached hydrogens (tertiary/aromatic N) is 2. The number of carbonyl (C=O) groups excluding carboxylic acids is 3. The lowest BCUT2D eigenvalue weighted by Crippen LogP contribution is -2.44. The SMILES string of the molecule is CCOC(=O)c1ccc(N=C2SC(C(=O)Nc3ccccc3)CC(=O)N2Cc2ccc(F)cc2)cc1. The van der Waals surface area contributed by atoms with Crippen LogP contribution in [-0.4, -0.2) is 39.7 Å². The number of anilines is 1. The van der Waals surface area contributed by atoms with Gasteiger partial charge in [0.05, 0.1) is 24.4 Å². The van der Waals surface area contributed by atoms with Crippen LogP contribution in [0.4, 0.5) is 15.8 Å². The molecule has 0 spiro atoms. The molecule has 0 bridgehead atoms. The van der Waals surface area contributed by atoms with Gasteiger partial charge in [-0.1, -0.05) is 42.1 Å². The number of benzene rings is 3. The number of nitrogens with one attached hydrogen (secondary N) is 1. The van der Waals surface area contributed by atoms with E-state index in [1.54, 1.807) is 55.5 Å². The number of aliphatic imine (C=N–C) groups is 1. The number of amidine groups is 1. The highest BCUT2D eigenvalue weighted by atomic mass is 32.2. The number of para-hydroxylation sites is 1. The molecule has 1 fully saturated rings. The fraction of sp³-hybridized carbons (Fsp3) is 0.185. The van der Waals surface area contributed by atoms with Crippen molar-refractivity contribution >= 4 is 46.1 Å². The van der Waals surface area contributed by atoms with E-state index in [0.717, 1.165) is 5.56 Å². The van der Waals surface area contributed by atoms with E-state index in [1.165, 1.54) is 28.8 Å². The average molecular weight is 506 g/mol. The van der Waals surface area contributed by atoms with E-state index in [1.807, 2.05) is 18.2 Å².